The Morgan fingerprint density at radius 1 is 1.44 bits per heavy atom. The van der Waals surface area contributed by atoms with Crippen molar-refractivity contribution in [1.82, 2.24) is 9.97 Å². The van der Waals surface area contributed by atoms with Gasteiger partial charge in [-0.05, 0) is 25.2 Å². The molecule has 0 amide bonds. The molecule has 1 aliphatic rings. The number of nitrogens with zero attached hydrogens (tertiary/aromatic N) is 2. The van der Waals surface area contributed by atoms with E-state index in [1.165, 1.54) is 18.8 Å². The van der Waals surface area contributed by atoms with Crippen LogP contribution in [0.15, 0.2) is 12.4 Å². The van der Waals surface area contributed by atoms with Gasteiger partial charge in [-0.2, -0.15) is 0 Å². The Morgan fingerprint density at radius 2 is 2.25 bits per heavy atom. The van der Waals surface area contributed by atoms with Crippen LogP contribution in [0.2, 0.25) is 0 Å². The lowest BCUT2D eigenvalue weighted by Crippen LogP contribution is -2.13. The molecule has 0 aliphatic heterocycles. The molecule has 1 aromatic heterocycles. The van der Waals surface area contributed by atoms with Crippen molar-refractivity contribution in [3.05, 3.63) is 18.1 Å². The second-order valence-corrected chi connectivity index (χ2v) is 4.20. The number of carboxylic acid groups (broad SMARTS) is 1. The molecule has 0 saturated heterocycles. The molecular formula is C11H14N2O3. The molecule has 0 spiro atoms. The standard InChI is InChI=1S/C11H14N2O3/c1-7-2-3-8(4-7)16-10-6-12-9(5-13-10)11(14)15/h5-8H,2-4H2,1H3,(H,14,15). The summed E-state index contributed by atoms with van der Waals surface area (Å²) in [5.74, 6) is 0.0221. The van der Waals surface area contributed by atoms with Gasteiger partial charge in [0.2, 0.25) is 5.88 Å². The summed E-state index contributed by atoms with van der Waals surface area (Å²) in [7, 11) is 0. The highest BCUT2D eigenvalue weighted by molar-refractivity contribution is 5.84. The fourth-order valence-corrected chi connectivity index (χ4v) is 1.92. The number of hydrogen-bond donors (Lipinski definition) is 1. The zero-order valence-electron chi connectivity index (χ0n) is 9.09. The third-order valence-electron chi connectivity index (χ3n) is 2.78. The van der Waals surface area contributed by atoms with E-state index in [1.54, 1.807) is 0 Å². The summed E-state index contributed by atoms with van der Waals surface area (Å²) < 4.78 is 5.61. The molecule has 0 aromatic carbocycles. The molecule has 1 aliphatic carbocycles. The van der Waals surface area contributed by atoms with E-state index in [4.69, 9.17) is 9.84 Å². The van der Waals surface area contributed by atoms with E-state index in [2.05, 4.69) is 16.9 Å². The molecule has 2 atom stereocenters. The lowest BCUT2D eigenvalue weighted by molar-refractivity contribution is 0.0689. The number of carbonyl (C=O) groups is 1. The molecule has 1 heterocycles. The Morgan fingerprint density at radius 3 is 2.75 bits per heavy atom. The molecule has 1 fully saturated rings. The van der Waals surface area contributed by atoms with Gasteiger partial charge in [0.05, 0.1) is 12.4 Å². The van der Waals surface area contributed by atoms with Gasteiger partial charge in [0.1, 0.15) is 6.10 Å². The topological polar surface area (TPSA) is 72.3 Å². The van der Waals surface area contributed by atoms with Crippen LogP contribution in [0.4, 0.5) is 0 Å². The highest BCUT2D eigenvalue weighted by atomic mass is 16.5. The first-order valence-corrected chi connectivity index (χ1v) is 5.37. The van der Waals surface area contributed by atoms with E-state index in [0.717, 1.165) is 12.8 Å². The highest BCUT2D eigenvalue weighted by Gasteiger charge is 2.23. The van der Waals surface area contributed by atoms with E-state index < -0.39 is 5.97 Å². The van der Waals surface area contributed by atoms with Gasteiger partial charge in [-0.3, -0.25) is 0 Å². The van der Waals surface area contributed by atoms with Crippen LogP contribution >= 0.6 is 0 Å². The molecule has 2 rings (SSSR count). The first-order valence-electron chi connectivity index (χ1n) is 5.37. The Bertz CT molecular complexity index is 377. The summed E-state index contributed by atoms with van der Waals surface area (Å²) >= 11 is 0. The Balaban J connectivity index is 1.97. The minimum absolute atomic E-state index is 0.0628. The average molecular weight is 222 g/mol. The lowest BCUT2D eigenvalue weighted by atomic mass is 10.1. The predicted octanol–water partition coefficient (Wildman–Crippen LogP) is 1.74. The minimum atomic E-state index is -1.08. The molecule has 86 valence electrons. The normalized spacial score (nSPS) is 24.3. The Hall–Kier alpha value is -1.65. The predicted molar refractivity (Wildman–Crippen MR) is 56.4 cm³/mol. The van der Waals surface area contributed by atoms with Crippen LogP contribution in [0, 0.1) is 5.92 Å². The van der Waals surface area contributed by atoms with Crippen molar-refractivity contribution in [3.8, 4) is 5.88 Å². The monoisotopic (exact) mass is 222 g/mol. The number of aromatic nitrogens is 2. The van der Waals surface area contributed by atoms with E-state index in [9.17, 15) is 4.79 Å². The summed E-state index contributed by atoms with van der Waals surface area (Å²) in [6, 6.07) is 0. The van der Waals surface area contributed by atoms with Gasteiger partial charge >= 0.3 is 5.97 Å². The van der Waals surface area contributed by atoms with Crippen LogP contribution in [0.3, 0.4) is 0 Å². The maximum absolute atomic E-state index is 10.6. The van der Waals surface area contributed by atoms with E-state index in [0.29, 0.717) is 11.8 Å². The summed E-state index contributed by atoms with van der Waals surface area (Å²) in [6.45, 7) is 2.20. The molecule has 1 aromatic rings. The van der Waals surface area contributed by atoms with Crippen LogP contribution in [-0.4, -0.2) is 27.1 Å². The zero-order valence-corrected chi connectivity index (χ0v) is 9.09. The second-order valence-electron chi connectivity index (χ2n) is 4.20. The number of ether oxygens (including phenoxy) is 1. The van der Waals surface area contributed by atoms with Crippen molar-refractivity contribution in [3.63, 3.8) is 0 Å². The Labute approximate surface area is 93.5 Å². The molecule has 2 unspecified atom stereocenters. The van der Waals surface area contributed by atoms with Crippen molar-refractivity contribution < 1.29 is 14.6 Å². The minimum Gasteiger partial charge on any atom is -0.476 e. The zero-order chi connectivity index (χ0) is 11.5. The number of aromatic carboxylic acids is 1. The van der Waals surface area contributed by atoms with Crippen molar-refractivity contribution in [2.24, 2.45) is 5.92 Å². The van der Waals surface area contributed by atoms with E-state index in [-0.39, 0.29) is 11.8 Å². The average Bonchev–Trinajstić information content (AvgIpc) is 2.65. The van der Waals surface area contributed by atoms with Gasteiger partial charge in [0.15, 0.2) is 5.69 Å². The largest absolute Gasteiger partial charge is 0.476 e. The van der Waals surface area contributed by atoms with Gasteiger partial charge < -0.3 is 9.84 Å². The summed E-state index contributed by atoms with van der Waals surface area (Å²) in [5.41, 5.74) is -0.0628. The van der Waals surface area contributed by atoms with E-state index >= 15 is 0 Å². The number of rotatable bonds is 3. The van der Waals surface area contributed by atoms with E-state index in [1.807, 2.05) is 0 Å². The first-order chi connectivity index (χ1) is 7.65. The smallest absolute Gasteiger partial charge is 0.356 e. The van der Waals surface area contributed by atoms with Crippen LogP contribution in [-0.2, 0) is 0 Å². The third-order valence-corrected chi connectivity index (χ3v) is 2.78. The van der Waals surface area contributed by atoms with Gasteiger partial charge in [-0.25, -0.2) is 14.8 Å². The summed E-state index contributed by atoms with van der Waals surface area (Å²) in [6.07, 6.45) is 6.01. The van der Waals surface area contributed by atoms with Crippen LogP contribution in [0.5, 0.6) is 5.88 Å². The van der Waals surface area contributed by atoms with Crippen LogP contribution in [0.1, 0.15) is 36.7 Å². The molecule has 0 bridgehead atoms. The van der Waals surface area contributed by atoms with Crippen molar-refractivity contribution in [2.45, 2.75) is 32.3 Å². The first kappa shape index (κ1) is 10.9. The van der Waals surface area contributed by atoms with Crippen molar-refractivity contribution in [1.29, 1.82) is 0 Å². The van der Waals surface area contributed by atoms with Crippen molar-refractivity contribution >= 4 is 5.97 Å². The lowest BCUT2D eigenvalue weighted by Gasteiger charge is -2.11. The second kappa shape index (κ2) is 4.47. The maximum Gasteiger partial charge on any atom is 0.356 e. The van der Waals surface area contributed by atoms with Crippen molar-refractivity contribution in [2.75, 3.05) is 0 Å². The van der Waals surface area contributed by atoms with Crippen LogP contribution in [0.25, 0.3) is 0 Å². The SMILES string of the molecule is CC1CCC(Oc2cnc(C(=O)O)cn2)C1. The van der Waals surface area contributed by atoms with Crippen LogP contribution < -0.4 is 4.74 Å². The molecule has 1 N–H and O–H groups in total. The molecule has 0 radical (unpaired) electrons. The summed E-state index contributed by atoms with van der Waals surface area (Å²) in [5, 5.41) is 8.65. The molecule has 1 saturated carbocycles. The van der Waals surface area contributed by atoms with Gasteiger partial charge in [-0.1, -0.05) is 6.92 Å². The Kier molecular flexibility index (Phi) is 3.03. The van der Waals surface area contributed by atoms with Gasteiger partial charge in [0, 0.05) is 0 Å². The fraction of sp³-hybridized carbons (Fsp3) is 0.545. The molecule has 5 heteroatoms. The summed E-state index contributed by atoms with van der Waals surface area (Å²) in [4.78, 5) is 18.2. The highest BCUT2D eigenvalue weighted by Crippen LogP contribution is 2.27. The third kappa shape index (κ3) is 2.48. The molecule has 16 heavy (non-hydrogen) atoms. The number of hydrogen-bond acceptors (Lipinski definition) is 4. The quantitative estimate of drug-likeness (QED) is 0.843. The fourth-order valence-electron chi connectivity index (χ4n) is 1.92. The van der Waals surface area contributed by atoms with Gasteiger partial charge in [-0.15, -0.1) is 0 Å². The molecule has 5 nitrogen and oxygen atoms in total. The molecular weight excluding hydrogens is 208 g/mol. The number of carboxylic acids is 1. The maximum atomic E-state index is 10.6. The van der Waals surface area contributed by atoms with Gasteiger partial charge in [0.25, 0.3) is 0 Å².